The summed E-state index contributed by atoms with van der Waals surface area (Å²) in [4.78, 5) is 19.0. The zero-order valence-electron chi connectivity index (χ0n) is 14.8. The van der Waals surface area contributed by atoms with Crippen molar-refractivity contribution in [3.63, 3.8) is 0 Å². The van der Waals surface area contributed by atoms with Crippen molar-refractivity contribution in [2.45, 2.75) is 39.2 Å². The molecule has 130 valence electrons. The van der Waals surface area contributed by atoms with Gasteiger partial charge in [-0.25, -0.2) is 4.99 Å². The lowest BCUT2D eigenvalue weighted by molar-refractivity contribution is 0.0963. The first-order chi connectivity index (χ1) is 11.7. The van der Waals surface area contributed by atoms with Gasteiger partial charge in [0.1, 0.15) is 0 Å². The largest absolute Gasteiger partial charge is 0.357 e. The maximum absolute atomic E-state index is 11.8. The van der Waals surface area contributed by atoms with E-state index in [4.69, 9.17) is 4.99 Å². The summed E-state index contributed by atoms with van der Waals surface area (Å²) in [6.45, 7) is 5.81. The first-order valence-corrected chi connectivity index (χ1v) is 9.00. The highest BCUT2D eigenvalue weighted by atomic mass is 16.1. The Balaban J connectivity index is 1.69. The molecule has 0 atom stereocenters. The molecule has 0 bridgehead atoms. The van der Waals surface area contributed by atoms with Crippen LogP contribution in [0.2, 0.25) is 0 Å². The predicted octanol–water partition coefficient (Wildman–Crippen LogP) is 2.39. The van der Waals surface area contributed by atoms with Gasteiger partial charge in [-0.15, -0.1) is 0 Å². The van der Waals surface area contributed by atoms with Crippen LogP contribution in [0, 0.1) is 5.41 Å². The minimum atomic E-state index is -0.0563. The van der Waals surface area contributed by atoms with E-state index < -0.39 is 0 Å². The molecule has 1 saturated carbocycles. The third-order valence-corrected chi connectivity index (χ3v) is 5.31. The van der Waals surface area contributed by atoms with Gasteiger partial charge in [0.25, 0.3) is 5.91 Å². The summed E-state index contributed by atoms with van der Waals surface area (Å²) in [5.74, 6) is 0.950. The number of carbonyl (C=O) groups is 1. The van der Waals surface area contributed by atoms with Gasteiger partial charge >= 0.3 is 0 Å². The van der Waals surface area contributed by atoms with Gasteiger partial charge in [0.15, 0.2) is 5.96 Å². The van der Waals surface area contributed by atoms with Crippen LogP contribution in [-0.4, -0.2) is 43.4 Å². The summed E-state index contributed by atoms with van der Waals surface area (Å²) in [6, 6.07) is 7.69. The lowest BCUT2D eigenvalue weighted by Crippen LogP contribution is -2.42. The highest BCUT2D eigenvalue weighted by Gasteiger charge is 2.43. The SMILES string of the molecule is CCNC(=NCc1cccc(C(=O)NC)c1)N1CCC2(CCC2)C1. The number of rotatable bonds is 4. The summed E-state index contributed by atoms with van der Waals surface area (Å²) in [7, 11) is 1.65. The molecule has 1 heterocycles. The molecular formula is C19H28N4O. The third-order valence-electron chi connectivity index (χ3n) is 5.31. The maximum Gasteiger partial charge on any atom is 0.251 e. The number of nitrogens with zero attached hydrogens (tertiary/aromatic N) is 2. The minimum absolute atomic E-state index is 0.0563. The molecular weight excluding hydrogens is 300 g/mol. The lowest BCUT2D eigenvalue weighted by Gasteiger charge is -2.38. The quantitative estimate of drug-likeness (QED) is 0.659. The molecule has 2 fully saturated rings. The van der Waals surface area contributed by atoms with Gasteiger partial charge in [-0.05, 0) is 49.3 Å². The topological polar surface area (TPSA) is 56.7 Å². The average molecular weight is 328 g/mol. The van der Waals surface area contributed by atoms with Gasteiger partial charge < -0.3 is 15.5 Å². The monoisotopic (exact) mass is 328 g/mol. The molecule has 2 N–H and O–H groups in total. The van der Waals surface area contributed by atoms with E-state index in [-0.39, 0.29) is 5.91 Å². The normalized spacial score (nSPS) is 19.2. The van der Waals surface area contributed by atoms with Crippen molar-refractivity contribution in [3.05, 3.63) is 35.4 Å². The van der Waals surface area contributed by atoms with E-state index in [1.54, 1.807) is 7.05 Å². The number of benzene rings is 1. The van der Waals surface area contributed by atoms with Crippen molar-refractivity contribution in [1.82, 2.24) is 15.5 Å². The number of amides is 1. The van der Waals surface area contributed by atoms with Crippen LogP contribution in [0.1, 0.15) is 48.5 Å². The summed E-state index contributed by atoms with van der Waals surface area (Å²) >= 11 is 0. The molecule has 1 saturated heterocycles. The number of hydrogen-bond acceptors (Lipinski definition) is 2. The van der Waals surface area contributed by atoms with Gasteiger partial charge in [-0.1, -0.05) is 18.6 Å². The highest BCUT2D eigenvalue weighted by molar-refractivity contribution is 5.94. The van der Waals surface area contributed by atoms with Crippen molar-refractivity contribution in [3.8, 4) is 0 Å². The number of hydrogen-bond donors (Lipinski definition) is 2. The Morgan fingerprint density at radius 1 is 1.33 bits per heavy atom. The molecule has 0 radical (unpaired) electrons. The average Bonchev–Trinajstić information content (AvgIpc) is 3.04. The zero-order valence-corrected chi connectivity index (χ0v) is 14.8. The van der Waals surface area contributed by atoms with E-state index in [0.29, 0.717) is 17.5 Å². The number of carbonyl (C=O) groups excluding carboxylic acids is 1. The van der Waals surface area contributed by atoms with Crippen molar-refractivity contribution in [2.75, 3.05) is 26.7 Å². The molecule has 1 aromatic carbocycles. The first kappa shape index (κ1) is 16.8. The van der Waals surface area contributed by atoms with Crippen LogP contribution in [0.4, 0.5) is 0 Å². The first-order valence-electron chi connectivity index (χ1n) is 9.00. The van der Waals surface area contributed by atoms with Crippen molar-refractivity contribution < 1.29 is 4.79 Å². The van der Waals surface area contributed by atoms with Gasteiger partial charge in [-0.3, -0.25) is 4.79 Å². The summed E-state index contributed by atoms with van der Waals surface area (Å²) in [6.07, 6.45) is 5.42. The van der Waals surface area contributed by atoms with Crippen molar-refractivity contribution in [2.24, 2.45) is 10.4 Å². The Bertz CT molecular complexity index is 622. The number of guanidine groups is 1. The second kappa shape index (κ2) is 7.24. The highest BCUT2D eigenvalue weighted by Crippen LogP contribution is 2.47. The van der Waals surface area contributed by atoms with Crippen LogP contribution < -0.4 is 10.6 Å². The van der Waals surface area contributed by atoms with Crippen LogP contribution >= 0.6 is 0 Å². The third kappa shape index (κ3) is 3.55. The Labute approximate surface area is 144 Å². The number of aliphatic imine (C=N–C) groups is 1. The van der Waals surface area contributed by atoms with Gasteiger partial charge in [0.05, 0.1) is 6.54 Å². The molecule has 0 unspecified atom stereocenters. The zero-order chi connectivity index (χ0) is 17.0. The summed E-state index contributed by atoms with van der Waals surface area (Å²) < 4.78 is 0. The summed E-state index contributed by atoms with van der Waals surface area (Å²) in [5, 5.41) is 6.09. The van der Waals surface area contributed by atoms with E-state index in [2.05, 4.69) is 22.5 Å². The molecule has 1 aliphatic heterocycles. The van der Waals surface area contributed by atoms with Crippen LogP contribution in [0.25, 0.3) is 0 Å². The smallest absolute Gasteiger partial charge is 0.251 e. The van der Waals surface area contributed by atoms with Crippen LogP contribution in [0.5, 0.6) is 0 Å². The molecule has 0 aromatic heterocycles. The molecule has 1 spiro atoms. The Morgan fingerprint density at radius 3 is 2.79 bits per heavy atom. The number of nitrogens with one attached hydrogen (secondary N) is 2. The van der Waals surface area contributed by atoms with E-state index in [1.807, 2.05) is 24.3 Å². The van der Waals surface area contributed by atoms with Gasteiger partial charge in [0.2, 0.25) is 0 Å². The molecule has 5 nitrogen and oxygen atoms in total. The second-order valence-corrected chi connectivity index (χ2v) is 6.97. The standard InChI is InChI=1S/C19H28N4O/c1-3-21-18(23-11-10-19(14-23)8-5-9-19)22-13-15-6-4-7-16(12-15)17(24)20-2/h4,6-7,12H,3,5,8-11,13-14H2,1-2H3,(H,20,24)(H,21,22). The van der Waals surface area contributed by atoms with Gasteiger partial charge in [-0.2, -0.15) is 0 Å². The van der Waals surface area contributed by atoms with E-state index in [9.17, 15) is 4.79 Å². The van der Waals surface area contributed by atoms with Crippen LogP contribution in [0.15, 0.2) is 29.3 Å². The Hall–Kier alpha value is -2.04. The number of likely N-dealkylation sites (tertiary alicyclic amines) is 1. The second-order valence-electron chi connectivity index (χ2n) is 6.97. The molecule has 24 heavy (non-hydrogen) atoms. The van der Waals surface area contributed by atoms with Crippen molar-refractivity contribution >= 4 is 11.9 Å². The fraction of sp³-hybridized carbons (Fsp3) is 0.579. The fourth-order valence-electron chi connectivity index (χ4n) is 3.75. The molecule has 3 rings (SSSR count). The summed E-state index contributed by atoms with van der Waals surface area (Å²) in [5.41, 5.74) is 2.31. The van der Waals surface area contributed by atoms with E-state index >= 15 is 0 Å². The molecule has 1 aromatic rings. The Kier molecular flexibility index (Phi) is 5.07. The predicted molar refractivity (Wildman–Crippen MR) is 97.1 cm³/mol. The molecule has 1 amide bonds. The van der Waals surface area contributed by atoms with Crippen LogP contribution in [-0.2, 0) is 6.54 Å². The Morgan fingerprint density at radius 2 is 2.17 bits per heavy atom. The lowest BCUT2D eigenvalue weighted by atomic mass is 9.68. The molecule has 1 aliphatic carbocycles. The molecule has 2 aliphatic rings. The van der Waals surface area contributed by atoms with E-state index in [1.165, 1.54) is 25.7 Å². The minimum Gasteiger partial charge on any atom is -0.357 e. The van der Waals surface area contributed by atoms with Gasteiger partial charge in [0, 0.05) is 32.2 Å². The van der Waals surface area contributed by atoms with Crippen LogP contribution in [0.3, 0.4) is 0 Å². The van der Waals surface area contributed by atoms with Crippen molar-refractivity contribution in [1.29, 1.82) is 0 Å². The van der Waals surface area contributed by atoms with E-state index in [0.717, 1.165) is 31.2 Å². The fourth-order valence-corrected chi connectivity index (χ4v) is 3.75. The molecule has 5 heteroatoms. The maximum atomic E-state index is 11.8.